The summed E-state index contributed by atoms with van der Waals surface area (Å²) in [7, 11) is 7.25. The molecule has 0 unspecified atom stereocenters. The van der Waals surface area contributed by atoms with Gasteiger partial charge in [-0.05, 0) is 54.4 Å². The van der Waals surface area contributed by atoms with Crippen molar-refractivity contribution >= 4 is 25.4 Å². The summed E-state index contributed by atoms with van der Waals surface area (Å²) in [5, 5.41) is 25.9. The Kier molecular flexibility index (Phi) is 42.8. The van der Waals surface area contributed by atoms with E-state index in [1.807, 2.05) is 55.9 Å². The summed E-state index contributed by atoms with van der Waals surface area (Å²) in [5.74, 6) is 0. The molecule has 144 valence electrons. The van der Waals surface area contributed by atoms with Crippen LogP contribution in [0.2, 0.25) is 0 Å². The third kappa shape index (κ3) is 45.0. The van der Waals surface area contributed by atoms with Gasteiger partial charge in [-0.25, -0.2) is 0 Å². The molecule has 0 radical (unpaired) electrons. The molecule has 0 amide bonds. The summed E-state index contributed by atoms with van der Waals surface area (Å²) < 4.78 is 0. The minimum absolute atomic E-state index is 0. The molecule has 0 aliphatic rings. The molecule has 0 aromatic carbocycles. The first-order valence-electron chi connectivity index (χ1n) is 7.78. The average molecular weight is 432 g/mol. The van der Waals surface area contributed by atoms with E-state index in [4.69, 9.17) is 21.6 Å². The summed E-state index contributed by atoms with van der Waals surface area (Å²) in [5.41, 5.74) is 0. The largest absolute Gasteiger partial charge is 4.00 e. The van der Waals surface area contributed by atoms with Crippen molar-refractivity contribution in [2.24, 2.45) is 0 Å². The van der Waals surface area contributed by atoms with Crippen LogP contribution in [0.25, 0.3) is 0 Å². The van der Waals surface area contributed by atoms with Crippen LogP contribution in [0.1, 0.15) is 27.7 Å². The van der Waals surface area contributed by atoms with Crippen LogP contribution in [-0.4, -0.2) is 99.3 Å². The number of hydrogen-bond donors (Lipinski definition) is 4. The van der Waals surface area contributed by atoms with Crippen molar-refractivity contribution in [2.75, 3.05) is 54.4 Å². The maximum absolute atomic E-state index is 6.48. The molecule has 0 aliphatic heterocycles. The molecule has 0 aromatic heterocycles. The molecule has 8 nitrogen and oxygen atoms in total. The van der Waals surface area contributed by atoms with E-state index in [2.05, 4.69) is 25.4 Å². The van der Waals surface area contributed by atoms with Gasteiger partial charge in [-0.2, -0.15) is 0 Å². The molecule has 0 fully saturated rings. The second kappa shape index (κ2) is 30.6. The third-order valence-corrected chi connectivity index (χ3v) is 2.66. The average Bonchev–Trinajstić information content (AvgIpc) is 2.66. The summed E-state index contributed by atoms with van der Waals surface area (Å²) >= 11 is 0. The van der Waals surface area contributed by atoms with Crippen LogP contribution < -0.4 is 0 Å². The van der Waals surface area contributed by atoms with Crippen molar-refractivity contribution in [3.8, 4) is 0 Å². The van der Waals surface area contributed by atoms with Crippen LogP contribution in [0.4, 0.5) is 0 Å². The Balaban J connectivity index is -0.0000000702. The predicted molar refractivity (Wildman–Crippen MR) is 104 cm³/mol. The monoisotopic (exact) mass is 430 g/mol. The Morgan fingerprint density at radius 2 is 0.600 bits per heavy atom. The number of nitrogens with zero attached hydrogens (tertiary/aromatic N) is 4. The van der Waals surface area contributed by atoms with Crippen molar-refractivity contribution in [1.82, 2.24) is 19.6 Å². The quantitative estimate of drug-likeness (QED) is 0.203. The predicted octanol–water partition coefficient (Wildman–Crippen LogP) is 1.69. The van der Waals surface area contributed by atoms with Gasteiger partial charge in [0.05, 0.1) is 0 Å². The summed E-state index contributed by atoms with van der Waals surface area (Å²) in [6.07, 6.45) is 8.79. The Morgan fingerprint density at radius 1 is 0.480 bits per heavy atom. The molecule has 0 saturated heterocycles. The fraction of sp³-hybridized carbons (Fsp3) is 0.750. The van der Waals surface area contributed by atoms with E-state index in [0.717, 1.165) is 26.2 Å². The summed E-state index contributed by atoms with van der Waals surface area (Å²) in [6.45, 7) is 11.4. The third-order valence-electron chi connectivity index (χ3n) is 2.66. The first-order chi connectivity index (χ1) is 11.2. The minimum atomic E-state index is 0. The molecule has 25 heavy (non-hydrogen) atoms. The second-order valence-electron chi connectivity index (χ2n) is 4.50. The van der Waals surface area contributed by atoms with Gasteiger partial charge >= 0.3 is 26.2 Å². The number of hydrogen-bond acceptors (Lipinski definition) is 4. The van der Waals surface area contributed by atoms with Crippen molar-refractivity contribution in [3.05, 3.63) is 0 Å². The fourth-order valence-corrected chi connectivity index (χ4v) is 0.316. The first-order valence-corrected chi connectivity index (χ1v) is 7.78. The van der Waals surface area contributed by atoms with E-state index >= 15 is 0 Å². The van der Waals surface area contributed by atoms with Crippen LogP contribution in [0.3, 0.4) is 0 Å². The molecule has 0 aromatic rings. The number of nitrogens with one attached hydrogen (secondary N) is 4. The van der Waals surface area contributed by atoms with Crippen molar-refractivity contribution in [1.29, 1.82) is 21.6 Å². The van der Waals surface area contributed by atoms with Gasteiger partial charge in [-0.1, -0.05) is 27.7 Å². The van der Waals surface area contributed by atoms with Crippen LogP contribution in [0, 0.1) is 21.6 Å². The topological polar surface area (TPSA) is 108 Å². The molecular formula is C16H36N8Zr. The van der Waals surface area contributed by atoms with Gasteiger partial charge in [0, 0.05) is 0 Å². The van der Waals surface area contributed by atoms with Crippen LogP contribution in [-0.2, 0) is 26.2 Å². The maximum Gasteiger partial charge on any atom is 4.00 e. The standard InChI is InChI=1S/4C4H9N2.Zr/c4*1-3-6(2)4-5;/h4*5H,3H2,1-2H3;/q4*-1;+4. The van der Waals surface area contributed by atoms with Gasteiger partial charge in [-0.3, -0.25) is 0 Å². The molecule has 0 aliphatic carbocycles. The number of rotatable bonds is 8. The molecule has 0 saturated carbocycles. The SMILES string of the molecule is CCN(C)[C-]=N.CCN(C)[C-]=N.CCN(C)[C-]=N.CCN(C)[C-]=N.[Zr+4]. The second-order valence-corrected chi connectivity index (χ2v) is 4.50. The van der Waals surface area contributed by atoms with E-state index in [9.17, 15) is 0 Å². The molecule has 9 heteroatoms. The molecular weight excluding hydrogens is 395 g/mol. The van der Waals surface area contributed by atoms with Crippen LogP contribution >= 0.6 is 0 Å². The first kappa shape index (κ1) is 35.0. The molecule has 4 N–H and O–H groups in total. The molecule has 0 bridgehead atoms. The van der Waals surface area contributed by atoms with E-state index in [0.29, 0.717) is 0 Å². The van der Waals surface area contributed by atoms with Gasteiger partial charge in [-0.15, -0.1) is 0 Å². The smallest absolute Gasteiger partial charge is 0.540 e. The normalized spacial score (nSPS) is 7.36. The van der Waals surface area contributed by atoms with Crippen molar-refractivity contribution in [2.45, 2.75) is 27.7 Å². The van der Waals surface area contributed by atoms with Crippen LogP contribution in [0.15, 0.2) is 0 Å². The summed E-state index contributed by atoms with van der Waals surface area (Å²) in [4.78, 5) is 6.67. The molecule has 0 atom stereocenters. The maximum atomic E-state index is 6.48. The van der Waals surface area contributed by atoms with E-state index in [1.54, 1.807) is 19.6 Å². The van der Waals surface area contributed by atoms with Gasteiger partial charge in [0.15, 0.2) is 0 Å². The van der Waals surface area contributed by atoms with Crippen molar-refractivity contribution in [3.63, 3.8) is 0 Å². The zero-order chi connectivity index (χ0) is 20.0. The zero-order valence-electron chi connectivity index (χ0n) is 17.1. The van der Waals surface area contributed by atoms with E-state index in [1.165, 1.54) is 0 Å². The Bertz CT molecular complexity index is 233. The van der Waals surface area contributed by atoms with Gasteiger partial charge in [0.1, 0.15) is 0 Å². The zero-order valence-corrected chi connectivity index (χ0v) is 19.6. The summed E-state index contributed by atoms with van der Waals surface area (Å²) in [6, 6.07) is 0. The fourth-order valence-electron chi connectivity index (χ4n) is 0.316. The Hall–Kier alpha value is -1.24. The van der Waals surface area contributed by atoms with Crippen LogP contribution in [0.5, 0.6) is 0 Å². The van der Waals surface area contributed by atoms with Gasteiger partial charge in [0.25, 0.3) is 0 Å². The molecule has 0 rings (SSSR count). The minimum Gasteiger partial charge on any atom is -0.540 e. The molecule has 0 heterocycles. The Morgan fingerprint density at radius 3 is 0.600 bits per heavy atom. The van der Waals surface area contributed by atoms with Crippen molar-refractivity contribution < 1.29 is 26.2 Å². The van der Waals surface area contributed by atoms with Gasteiger partial charge in [0.2, 0.25) is 0 Å². The van der Waals surface area contributed by atoms with E-state index in [-0.39, 0.29) is 26.2 Å². The van der Waals surface area contributed by atoms with Gasteiger partial charge < -0.3 is 66.6 Å². The Labute approximate surface area is 174 Å². The molecule has 0 spiro atoms. The van der Waals surface area contributed by atoms with E-state index < -0.39 is 0 Å².